The lowest BCUT2D eigenvalue weighted by Gasteiger charge is -2.39. The van der Waals surface area contributed by atoms with E-state index in [1.165, 1.54) is 0 Å². The molecule has 0 radical (unpaired) electrons. The van der Waals surface area contributed by atoms with Gasteiger partial charge >= 0.3 is 6.09 Å². The van der Waals surface area contributed by atoms with Crippen molar-refractivity contribution in [2.45, 2.75) is 76.9 Å². The first kappa shape index (κ1) is 20.6. The third kappa shape index (κ3) is 4.12. The van der Waals surface area contributed by atoms with Crippen LogP contribution in [0.25, 0.3) is 11.1 Å². The number of benzene rings is 1. The quantitative estimate of drug-likeness (QED) is 0.543. The predicted octanol–water partition coefficient (Wildman–Crippen LogP) is 5.71. The summed E-state index contributed by atoms with van der Waals surface area (Å²) in [6.07, 6.45) is 3.42. The van der Waals surface area contributed by atoms with Crippen molar-refractivity contribution in [3.05, 3.63) is 40.4 Å². The zero-order valence-electron chi connectivity index (χ0n) is 18.1. The second-order valence-corrected chi connectivity index (χ2v) is 10.5. The lowest BCUT2D eigenvalue weighted by Crippen LogP contribution is -2.50. The van der Waals surface area contributed by atoms with Gasteiger partial charge in [-0.3, -0.25) is 0 Å². The van der Waals surface area contributed by atoms with Gasteiger partial charge in [0.15, 0.2) is 0 Å². The average Bonchev–Trinajstić information content (AvgIpc) is 2.97. The molecule has 2 bridgehead atoms. The van der Waals surface area contributed by atoms with Crippen LogP contribution in [0.4, 0.5) is 4.79 Å². The molecule has 2 unspecified atom stereocenters. The number of amides is 1. The molecule has 0 N–H and O–H groups in total. The Kier molecular flexibility index (Phi) is 5.12. The normalized spacial score (nSPS) is 24.1. The second kappa shape index (κ2) is 7.69. The fourth-order valence-electron chi connectivity index (χ4n) is 4.90. The summed E-state index contributed by atoms with van der Waals surface area (Å²) < 4.78 is 18.8. The molecule has 0 saturated carbocycles. The van der Waals surface area contributed by atoms with Gasteiger partial charge in [-0.05, 0) is 62.9 Å². The van der Waals surface area contributed by atoms with E-state index in [2.05, 4.69) is 33.0 Å². The number of piperidine rings is 1. The molecule has 1 amide bonds. The number of rotatable bonds is 2. The molecular weight excluding hydrogens is 460 g/mol. The highest BCUT2D eigenvalue weighted by atomic mass is 79.9. The van der Waals surface area contributed by atoms with Crippen molar-refractivity contribution in [2.75, 3.05) is 0 Å². The van der Waals surface area contributed by atoms with Crippen LogP contribution >= 0.6 is 15.9 Å². The average molecular weight is 487 g/mol. The monoisotopic (exact) mass is 486 g/mol. The van der Waals surface area contributed by atoms with Gasteiger partial charge < -0.3 is 19.1 Å². The maximum Gasteiger partial charge on any atom is 0.410 e. The molecule has 0 aliphatic carbocycles. The Labute approximate surface area is 191 Å². The molecule has 3 aliphatic rings. The first-order valence-corrected chi connectivity index (χ1v) is 11.7. The highest BCUT2D eigenvalue weighted by Gasteiger charge is 2.45. The first-order chi connectivity index (χ1) is 14.8. The van der Waals surface area contributed by atoms with Crippen LogP contribution in [0, 0.1) is 0 Å². The number of carbonyl (C=O) groups is 1. The number of fused-ring (bicyclic) bond motifs is 5. The van der Waals surface area contributed by atoms with Gasteiger partial charge in [0.25, 0.3) is 0 Å². The van der Waals surface area contributed by atoms with Crippen molar-refractivity contribution >= 4 is 22.0 Å². The van der Waals surface area contributed by atoms with Gasteiger partial charge in [0.1, 0.15) is 18.3 Å². The molecule has 1 aromatic heterocycles. The predicted molar refractivity (Wildman–Crippen MR) is 120 cm³/mol. The molecule has 4 heterocycles. The van der Waals surface area contributed by atoms with Gasteiger partial charge in [-0.2, -0.15) is 4.98 Å². The fraction of sp³-hybridized carbons (Fsp3) is 0.500. The topological polar surface area (TPSA) is 60.9 Å². The summed E-state index contributed by atoms with van der Waals surface area (Å²) in [7, 11) is 0. The van der Waals surface area contributed by atoms with Crippen molar-refractivity contribution in [3.8, 4) is 22.9 Å². The van der Waals surface area contributed by atoms with E-state index in [1.807, 2.05) is 43.9 Å². The Balaban J connectivity index is 1.28. The Hall–Kier alpha value is -2.28. The molecule has 5 rings (SSSR count). The summed E-state index contributed by atoms with van der Waals surface area (Å²) in [4.78, 5) is 19.2. The number of aromatic nitrogens is 1. The fourth-order valence-corrected chi connectivity index (χ4v) is 5.31. The molecule has 0 spiro atoms. The molecule has 2 atom stereocenters. The molecule has 2 aromatic rings. The lowest BCUT2D eigenvalue weighted by atomic mass is 9.99. The third-order valence-corrected chi connectivity index (χ3v) is 6.63. The molecule has 7 heteroatoms. The summed E-state index contributed by atoms with van der Waals surface area (Å²) in [6, 6.07) is 10.5. The maximum absolute atomic E-state index is 12.7. The van der Waals surface area contributed by atoms with Gasteiger partial charge in [-0.25, -0.2) is 4.79 Å². The molecule has 6 nitrogen and oxygen atoms in total. The lowest BCUT2D eigenvalue weighted by molar-refractivity contribution is -0.00765. The number of pyridine rings is 1. The minimum absolute atomic E-state index is 0.0357. The smallest absolute Gasteiger partial charge is 0.410 e. The summed E-state index contributed by atoms with van der Waals surface area (Å²) in [6.45, 7) is 6.22. The van der Waals surface area contributed by atoms with Crippen LogP contribution in [0.3, 0.4) is 0 Å². The zero-order chi connectivity index (χ0) is 21.8. The van der Waals surface area contributed by atoms with Gasteiger partial charge in [0.05, 0.1) is 0 Å². The van der Waals surface area contributed by atoms with E-state index >= 15 is 0 Å². The van der Waals surface area contributed by atoms with Crippen molar-refractivity contribution < 1.29 is 19.0 Å². The minimum Gasteiger partial charge on any atom is -0.474 e. The van der Waals surface area contributed by atoms with E-state index in [-0.39, 0.29) is 24.3 Å². The molecule has 2 fully saturated rings. The second-order valence-electron chi connectivity index (χ2n) is 9.58. The van der Waals surface area contributed by atoms with E-state index in [4.69, 9.17) is 14.2 Å². The van der Waals surface area contributed by atoms with Gasteiger partial charge in [0, 0.05) is 41.0 Å². The van der Waals surface area contributed by atoms with Crippen LogP contribution in [0.15, 0.2) is 34.8 Å². The number of halogens is 1. The SMILES string of the molecule is CC(C)(C)OC(=O)N1C2CCC1CC(Oc1ccc3c(n1)OCc1cc(Br)ccc1-3)C2. The van der Waals surface area contributed by atoms with Gasteiger partial charge in [-0.1, -0.05) is 22.0 Å². The van der Waals surface area contributed by atoms with Crippen molar-refractivity contribution in [1.82, 2.24) is 9.88 Å². The number of hydrogen-bond acceptors (Lipinski definition) is 5. The van der Waals surface area contributed by atoms with E-state index in [1.54, 1.807) is 0 Å². The molecule has 1 aromatic carbocycles. The summed E-state index contributed by atoms with van der Waals surface area (Å²) in [5.74, 6) is 1.19. The molecule has 2 saturated heterocycles. The van der Waals surface area contributed by atoms with Crippen LogP contribution in [0.2, 0.25) is 0 Å². The molecular formula is C24H27BrN2O4. The summed E-state index contributed by atoms with van der Waals surface area (Å²) >= 11 is 3.52. The number of carbonyl (C=O) groups excluding carboxylic acids is 1. The highest BCUT2D eigenvalue weighted by molar-refractivity contribution is 9.10. The Morgan fingerprint density at radius 2 is 1.84 bits per heavy atom. The van der Waals surface area contributed by atoms with Crippen molar-refractivity contribution in [2.24, 2.45) is 0 Å². The highest BCUT2D eigenvalue weighted by Crippen LogP contribution is 2.41. The summed E-state index contributed by atoms with van der Waals surface area (Å²) in [5.41, 5.74) is 2.79. The van der Waals surface area contributed by atoms with Crippen molar-refractivity contribution in [1.29, 1.82) is 0 Å². The van der Waals surface area contributed by atoms with E-state index in [9.17, 15) is 4.79 Å². The van der Waals surface area contributed by atoms with E-state index in [0.717, 1.165) is 46.8 Å². The minimum atomic E-state index is -0.481. The molecule has 31 heavy (non-hydrogen) atoms. The van der Waals surface area contributed by atoms with Crippen molar-refractivity contribution in [3.63, 3.8) is 0 Å². The molecule has 164 valence electrons. The molecule has 3 aliphatic heterocycles. The maximum atomic E-state index is 12.7. The van der Waals surface area contributed by atoms with Gasteiger partial charge in [-0.15, -0.1) is 0 Å². The largest absolute Gasteiger partial charge is 0.474 e. The van der Waals surface area contributed by atoms with Crippen LogP contribution in [0.1, 0.15) is 52.0 Å². The Morgan fingerprint density at radius 1 is 1.13 bits per heavy atom. The Morgan fingerprint density at radius 3 is 2.55 bits per heavy atom. The Bertz CT molecular complexity index is 1010. The van der Waals surface area contributed by atoms with Crippen LogP contribution in [0.5, 0.6) is 11.8 Å². The van der Waals surface area contributed by atoms with E-state index in [0.29, 0.717) is 18.4 Å². The van der Waals surface area contributed by atoms with E-state index < -0.39 is 5.60 Å². The van der Waals surface area contributed by atoms with Crippen LogP contribution < -0.4 is 9.47 Å². The van der Waals surface area contributed by atoms with Gasteiger partial charge in [0.2, 0.25) is 11.8 Å². The summed E-state index contributed by atoms with van der Waals surface area (Å²) in [5, 5.41) is 0. The number of nitrogens with zero attached hydrogens (tertiary/aromatic N) is 2. The standard InChI is InChI=1S/C24H27BrN2O4/c1-24(2,3)31-23(28)27-16-5-6-17(27)12-18(11-16)30-21-9-8-20-19-7-4-15(25)10-14(19)13-29-22(20)26-21/h4,7-10,16-18H,5-6,11-13H2,1-3H3. The third-order valence-electron chi connectivity index (χ3n) is 6.14. The zero-order valence-corrected chi connectivity index (χ0v) is 19.6. The number of hydrogen-bond donors (Lipinski definition) is 0. The number of ether oxygens (including phenoxy) is 3. The van der Waals surface area contributed by atoms with Crippen LogP contribution in [-0.4, -0.2) is 39.8 Å². The van der Waals surface area contributed by atoms with Crippen LogP contribution in [-0.2, 0) is 11.3 Å². The first-order valence-electron chi connectivity index (χ1n) is 10.9.